The maximum atomic E-state index is 2.44. The van der Waals surface area contributed by atoms with Crippen LogP contribution in [0.4, 0.5) is 68.2 Å². The van der Waals surface area contributed by atoms with Crippen molar-refractivity contribution in [2.75, 3.05) is 19.6 Å². The van der Waals surface area contributed by atoms with Crippen molar-refractivity contribution in [2.24, 2.45) is 0 Å². The average Bonchev–Trinajstić information content (AvgIpc) is 1.58. The number of fused-ring (bicyclic) bond motifs is 7. The second-order valence-corrected chi connectivity index (χ2v) is 31.6. The summed E-state index contributed by atoms with van der Waals surface area (Å²) in [6.07, 6.45) is 0. The molecule has 17 aromatic rings. The van der Waals surface area contributed by atoms with Gasteiger partial charge in [0.25, 0.3) is 0 Å². The van der Waals surface area contributed by atoms with Crippen LogP contribution in [0.2, 0.25) is 0 Å². The van der Waals surface area contributed by atoms with E-state index in [0.717, 1.165) is 84.9 Å². The molecule has 0 heterocycles. The number of aryl methyl sites for hydroxylation is 3. The lowest BCUT2D eigenvalue weighted by molar-refractivity contribution is 0.660. The van der Waals surface area contributed by atoms with Gasteiger partial charge in [0.1, 0.15) is 0 Å². The second-order valence-electron chi connectivity index (χ2n) is 31.6. The highest BCUT2D eigenvalue weighted by Gasteiger charge is 2.39. The van der Waals surface area contributed by atoms with E-state index in [2.05, 4.69) is 462 Å². The summed E-state index contributed by atoms with van der Waals surface area (Å²) in [5.74, 6) is 0. The summed E-state index contributed by atoms with van der Waals surface area (Å²) in [5.41, 5.74) is 38.7. The van der Waals surface area contributed by atoms with Gasteiger partial charge in [-0.1, -0.05) is 293 Å². The van der Waals surface area contributed by atoms with Crippen LogP contribution in [0.3, 0.4) is 0 Å². The Hall–Kier alpha value is -13.8. The zero-order valence-electron chi connectivity index (χ0n) is 64.8. The summed E-state index contributed by atoms with van der Waals surface area (Å²) in [7, 11) is 0. The van der Waals surface area contributed by atoms with Gasteiger partial charge < -0.3 is 19.6 Å². The van der Waals surface area contributed by atoms with Crippen LogP contribution in [-0.2, 0) is 10.8 Å². The fourth-order valence-corrected chi connectivity index (χ4v) is 17.4. The molecular weight excluding hydrogens is 1370 g/mol. The largest absolute Gasteiger partial charge is 0.310 e. The summed E-state index contributed by atoms with van der Waals surface area (Å²) < 4.78 is 0. The molecule has 2 aliphatic rings. The number of hydrogen-bond donors (Lipinski definition) is 0. The molecule has 0 spiro atoms. The first-order valence-electron chi connectivity index (χ1n) is 39.4. The SMILES string of the molecule is Cc1ccc(N(c2ccc(C)cc2)c2ccc3c(c2)C(C)(C)c2cc(N(c4ccc(-c5ccccc5)cc4)c4ccc(-c5ccc(-c6ccc(-c7ccc(N(c8ccc(-c9ccccc9)cc8)c8ccc9c(c8)C(C)(C)c8cc(N(c%10ccc(C)cc%10)c%10ccc%11ccccc%11c%10)ccc8-9)cc7)cc6)cc5)cc4)ccc2-3)cc1. The highest BCUT2D eigenvalue weighted by atomic mass is 15.2. The summed E-state index contributed by atoms with van der Waals surface area (Å²) in [5, 5.41) is 2.45. The summed E-state index contributed by atoms with van der Waals surface area (Å²) in [6.45, 7) is 16.0. The Morgan fingerprint density at radius 1 is 0.159 bits per heavy atom. The predicted octanol–water partition coefficient (Wildman–Crippen LogP) is 30.6. The van der Waals surface area contributed by atoms with Crippen LogP contribution in [-0.4, -0.2) is 0 Å². The number of hydrogen-bond acceptors (Lipinski definition) is 4. The standard InChI is InChI=1S/C109H86N4/c1-73-22-45-88(46-23-73)110(89-47-24-74(2)25-48-89)96-60-64-100-101-65-61-97(70-105(101)108(4,5)104(100)69-96)111(91-51-36-83(37-52-91)76-16-10-8-11-17-76)93-55-40-85(41-56-93)81-32-28-79(29-33-81)80-30-34-82(35-31-80)86-42-57-94(58-43-86)112(92-53-38-84(39-54-92)77-18-12-9-13-19-77)98-62-66-102-103-67-63-99(72-107(103)109(6,7)106(102)71-98)113(90-49-26-75(3)27-50-90)95-59-44-78-20-14-15-21-87(78)68-95/h8-72H,1-7H3. The maximum absolute atomic E-state index is 2.44. The molecule has 19 rings (SSSR count). The third-order valence-corrected chi connectivity index (χ3v) is 23.7. The lowest BCUT2D eigenvalue weighted by Crippen LogP contribution is -2.17. The van der Waals surface area contributed by atoms with E-state index in [4.69, 9.17) is 0 Å². The third-order valence-electron chi connectivity index (χ3n) is 23.7. The van der Waals surface area contributed by atoms with E-state index in [0.29, 0.717) is 0 Å². The van der Waals surface area contributed by atoms with Gasteiger partial charge >= 0.3 is 0 Å². The van der Waals surface area contributed by atoms with Crippen molar-refractivity contribution in [1.29, 1.82) is 0 Å². The lowest BCUT2D eigenvalue weighted by Gasteiger charge is -2.29. The molecule has 113 heavy (non-hydrogen) atoms. The van der Waals surface area contributed by atoms with Gasteiger partial charge in [0.15, 0.2) is 0 Å². The van der Waals surface area contributed by atoms with Crippen molar-refractivity contribution >= 4 is 79.0 Å². The molecule has 4 heteroatoms. The van der Waals surface area contributed by atoms with Crippen LogP contribution in [0.25, 0.3) is 88.7 Å². The Morgan fingerprint density at radius 2 is 0.345 bits per heavy atom. The number of rotatable bonds is 17. The Labute approximate surface area is 664 Å². The Kier molecular flexibility index (Phi) is 17.6. The topological polar surface area (TPSA) is 13.0 Å². The molecular formula is C109H86N4. The minimum Gasteiger partial charge on any atom is -0.310 e. The fourth-order valence-electron chi connectivity index (χ4n) is 17.4. The summed E-state index contributed by atoms with van der Waals surface area (Å²) >= 11 is 0. The van der Waals surface area contributed by atoms with Gasteiger partial charge in [-0.25, -0.2) is 0 Å². The van der Waals surface area contributed by atoms with Crippen LogP contribution in [0.1, 0.15) is 66.6 Å². The quantitative estimate of drug-likeness (QED) is 0.0901. The summed E-state index contributed by atoms with van der Waals surface area (Å²) in [4.78, 5) is 9.63. The van der Waals surface area contributed by atoms with Gasteiger partial charge in [0.2, 0.25) is 0 Å². The molecule has 0 saturated heterocycles. The van der Waals surface area contributed by atoms with Crippen LogP contribution in [0, 0.1) is 20.8 Å². The third kappa shape index (κ3) is 13.0. The van der Waals surface area contributed by atoms with E-state index in [1.165, 1.54) is 111 Å². The lowest BCUT2D eigenvalue weighted by atomic mass is 9.82. The van der Waals surface area contributed by atoms with Crippen LogP contribution < -0.4 is 19.6 Å². The molecule has 0 radical (unpaired) electrons. The van der Waals surface area contributed by atoms with Crippen LogP contribution >= 0.6 is 0 Å². The normalized spacial score (nSPS) is 12.7. The molecule has 0 saturated carbocycles. The predicted molar refractivity (Wildman–Crippen MR) is 479 cm³/mol. The highest BCUT2D eigenvalue weighted by Crippen LogP contribution is 2.55. The smallest absolute Gasteiger partial charge is 0.0468 e. The molecule has 0 bridgehead atoms. The molecule has 0 amide bonds. The van der Waals surface area contributed by atoms with Crippen LogP contribution in [0.15, 0.2) is 394 Å². The molecule has 0 fully saturated rings. The number of benzene rings is 17. The molecule has 2 aliphatic carbocycles. The molecule has 0 atom stereocenters. The minimum absolute atomic E-state index is 0.280. The first kappa shape index (κ1) is 69.6. The first-order chi connectivity index (χ1) is 55.2. The monoisotopic (exact) mass is 1450 g/mol. The van der Waals surface area contributed by atoms with E-state index in [-0.39, 0.29) is 10.8 Å². The minimum atomic E-state index is -0.296. The highest BCUT2D eigenvalue weighted by molar-refractivity contribution is 5.94. The van der Waals surface area contributed by atoms with Crippen molar-refractivity contribution in [2.45, 2.75) is 59.3 Å². The Balaban J connectivity index is 0.587. The molecule has 542 valence electrons. The fraction of sp³-hybridized carbons (Fsp3) is 0.0826. The number of nitrogens with zero attached hydrogens (tertiary/aromatic N) is 4. The van der Waals surface area contributed by atoms with Crippen LogP contribution in [0.5, 0.6) is 0 Å². The number of anilines is 12. The molecule has 0 aromatic heterocycles. The zero-order chi connectivity index (χ0) is 76.5. The van der Waals surface area contributed by atoms with E-state index < -0.39 is 0 Å². The second kappa shape index (κ2) is 28.6. The summed E-state index contributed by atoms with van der Waals surface area (Å²) in [6, 6.07) is 146. The van der Waals surface area contributed by atoms with Gasteiger partial charge in [-0.2, -0.15) is 0 Å². The molecule has 0 N–H and O–H groups in total. The Morgan fingerprint density at radius 3 is 0.611 bits per heavy atom. The van der Waals surface area contributed by atoms with Gasteiger partial charge in [0.05, 0.1) is 0 Å². The van der Waals surface area contributed by atoms with E-state index in [1.54, 1.807) is 0 Å². The van der Waals surface area contributed by atoms with E-state index in [1.807, 2.05) is 0 Å². The molecule has 4 nitrogen and oxygen atoms in total. The van der Waals surface area contributed by atoms with E-state index in [9.17, 15) is 0 Å². The van der Waals surface area contributed by atoms with Gasteiger partial charge in [-0.15, -0.1) is 0 Å². The van der Waals surface area contributed by atoms with Crippen molar-refractivity contribution in [3.05, 3.63) is 433 Å². The van der Waals surface area contributed by atoms with Crippen molar-refractivity contribution in [1.82, 2.24) is 0 Å². The zero-order valence-corrected chi connectivity index (χ0v) is 64.8. The van der Waals surface area contributed by atoms with Crippen molar-refractivity contribution < 1.29 is 0 Å². The average molecular weight is 1450 g/mol. The van der Waals surface area contributed by atoms with Gasteiger partial charge in [-0.05, 0) is 277 Å². The maximum Gasteiger partial charge on any atom is 0.0468 e. The molecule has 0 unspecified atom stereocenters. The Bertz CT molecular complexity index is 6320. The first-order valence-corrected chi connectivity index (χ1v) is 39.4. The van der Waals surface area contributed by atoms with Gasteiger partial charge in [-0.3, -0.25) is 0 Å². The van der Waals surface area contributed by atoms with Crippen molar-refractivity contribution in [3.63, 3.8) is 0 Å². The van der Waals surface area contributed by atoms with Crippen molar-refractivity contribution in [3.8, 4) is 77.9 Å². The molecule has 17 aromatic carbocycles. The van der Waals surface area contributed by atoms with Gasteiger partial charge in [0, 0.05) is 79.1 Å². The van der Waals surface area contributed by atoms with E-state index >= 15 is 0 Å². The molecule has 0 aliphatic heterocycles.